The Morgan fingerprint density at radius 2 is 2.06 bits per heavy atom. The highest BCUT2D eigenvalue weighted by atomic mass is 35.5. The van der Waals surface area contributed by atoms with Gasteiger partial charge in [0.2, 0.25) is 0 Å². The highest BCUT2D eigenvalue weighted by Gasteiger charge is 2.01. The van der Waals surface area contributed by atoms with E-state index >= 15 is 0 Å². The van der Waals surface area contributed by atoms with Gasteiger partial charge in [-0.15, -0.1) is 15.3 Å². The van der Waals surface area contributed by atoms with Crippen LogP contribution in [0.1, 0.15) is 5.56 Å². The highest BCUT2D eigenvalue weighted by molar-refractivity contribution is 6.31. The van der Waals surface area contributed by atoms with Crippen molar-refractivity contribution < 1.29 is 0 Å². The predicted octanol–water partition coefficient (Wildman–Crippen LogP) is 2.39. The van der Waals surface area contributed by atoms with Gasteiger partial charge in [0, 0.05) is 11.6 Å². The first-order valence-electron chi connectivity index (χ1n) is 5.47. The minimum absolute atomic E-state index is 0.625. The van der Waals surface area contributed by atoms with Gasteiger partial charge in [0.15, 0.2) is 5.65 Å². The van der Waals surface area contributed by atoms with Crippen LogP contribution in [0.15, 0.2) is 42.7 Å². The fourth-order valence-corrected chi connectivity index (χ4v) is 1.85. The Morgan fingerprint density at radius 1 is 1.17 bits per heavy atom. The van der Waals surface area contributed by atoms with Gasteiger partial charge in [-0.05, 0) is 23.8 Å². The molecule has 0 unspecified atom stereocenters. The average Bonchev–Trinajstić information content (AvgIpc) is 2.85. The van der Waals surface area contributed by atoms with E-state index in [0.29, 0.717) is 6.54 Å². The van der Waals surface area contributed by atoms with Crippen LogP contribution in [0.4, 0.5) is 5.82 Å². The maximum absolute atomic E-state index is 6.08. The Bertz CT molecular complexity index is 679. The molecule has 0 saturated carbocycles. The van der Waals surface area contributed by atoms with Gasteiger partial charge < -0.3 is 5.32 Å². The minimum Gasteiger partial charge on any atom is -0.364 e. The number of hydrogen-bond donors (Lipinski definition) is 1. The molecule has 90 valence electrons. The van der Waals surface area contributed by atoms with Crippen LogP contribution in [0.25, 0.3) is 5.65 Å². The molecule has 5 nitrogen and oxygen atoms in total. The molecule has 18 heavy (non-hydrogen) atoms. The fourth-order valence-electron chi connectivity index (χ4n) is 1.65. The molecule has 0 aliphatic carbocycles. The molecule has 0 aliphatic heterocycles. The van der Waals surface area contributed by atoms with Crippen molar-refractivity contribution in [1.29, 1.82) is 0 Å². The Balaban J connectivity index is 1.78. The third-order valence-corrected chi connectivity index (χ3v) is 2.95. The number of rotatable bonds is 3. The maximum Gasteiger partial charge on any atom is 0.177 e. The number of aromatic nitrogens is 4. The molecule has 0 spiro atoms. The number of hydrogen-bond acceptors (Lipinski definition) is 4. The van der Waals surface area contributed by atoms with E-state index in [4.69, 9.17) is 11.6 Å². The summed E-state index contributed by atoms with van der Waals surface area (Å²) in [6.45, 7) is 0.625. The van der Waals surface area contributed by atoms with Crippen molar-refractivity contribution in [2.75, 3.05) is 5.32 Å². The van der Waals surface area contributed by atoms with E-state index < -0.39 is 0 Å². The van der Waals surface area contributed by atoms with Gasteiger partial charge in [-0.3, -0.25) is 0 Å². The highest BCUT2D eigenvalue weighted by Crippen LogP contribution is 2.16. The molecular weight excluding hydrogens is 250 g/mol. The zero-order valence-corrected chi connectivity index (χ0v) is 10.2. The molecule has 0 fully saturated rings. The van der Waals surface area contributed by atoms with E-state index in [1.807, 2.05) is 36.4 Å². The summed E-state index contributed by atoms with van der Waals surface area (Å²) in [6.07, 6.45) is 1.57. The normalized spacial score (nSPS) is 10.7. The number of benzene rings is 1. The summed E-state index contributed by atoms with van der Waals surface area (Å²) in [7, 11) is 0. The van der Waals surface area contributed by atoms with Gasteiger partial charge in [0.05, 0.1) is 0 Å². The Labute approximate surface area is 108 Å². The van der Waals surface area contributed by atoms with Gasteiger partial charge in [-0.25, -0.2) is 0 Å². The molecule has 3 aromatic rings. The second-order valence-corrected chi connectivity index (χ2v) is 4.20. The van der Waals surface area contributed by atoms with Crippen LogP contribution < -0.4 is 5.32 Å². The number of fused-ring (bicyclic) bond motifs is 1. The second-order valence-electron chi connectivity index (χ2n) is 3.80. The van der Waals surface area contributed by atoms with Crippen LogP contribution >= 0.6 is 11.6 Å². The molecule has 0 bridgehead atoms. The molecule has 2 aromatic heterocycles. The molecule has 6 heteroatoms. The molecule has 0 atom stereocenters. The summed E-state index contributed by atoms with van der Waals surface area (Å²) in [4.78, 5) is 0. The van der Waals surface area contributed by atoms with Crippen molar-refractivity contribution in [3.63, 3.8) is 0 Å². The number of nitrogens with one attached hydrogen (secondary N) is 1. The Morgan fingerprint density at radius 3 is 2.94 bits per heavy atom. The summed E-state index contributed by atoms with van der Waals surface area (Å²) in [5.41, 5.74) is 1.75. The standard InChI is InChI=1S/C12H10ClN5/c13-10-4-2-1-3-9(10)7-14-11-5-6-12-16-15-8-18(12)17-11/h1-6,8H,7H2,(H,14,17). The summed E-state index contributed by atoms with van der Waals surface area (Å²) in [6, 6.07) is 11.4. The first-order chi connectivity index (χ1) is 8.83. The zero-order valence-electron chi connectivity index (χ0n) is 9.42. The largest absolute Gasteiger partial charge is 0.364 e. The fraction of sp³-hybridized carbons (Fsp3) is 0.0833. The van der Waals surface area contributed by atoms with Crippen molar-refractivity contribution >= 4 is 23.1 Å². The SMILES string of the molecule is Clc1ccccc1CNc1ccc2nncn2n1. The van der Waals surface area contributed by atoms with E-state index in [-0.39, 0.29) is 0 Å². The van der Waals surface area contributed by atoms with Gasteiger partial charge in [-0.1, -0.05) is 29.8 Å². The monoisotopic (exact) mass is 259 g/mol. The number of anilines is 1. The topological polar surface area (TPSA) is 55.1 Å². The van der Waals surface area contributed by atoms with Crippen molar-refractivity contribution in [2.45, 2.75) is 6.54 Å². The van der Waals surface area contributed by atoms with Crippen LogP contribution in [0, 0.1) is 0 Å². The van der Waals surface area contributed by atoms with Gasteiger partial charge in [0.25, 0.3) is 0 Å². The number of nitrogens with zero attached hydrogens (tertiary/aromatic N) is 4. The molecule has 0 radical (unpaired) electrons. The third-order valence-electron chi connectivity index (χ3n) is 2.58. The molecule has 2 heterocycles. The first-order valence-corrected chi connectivity index (χ1v) is 5.85. The molecule has 0 aliphatic rings. The minimum atomic E-state index is 0.625. The first kappa shape index (κ1) is 11.0. The molecule has 1 N–H and O–H groups in total. The Kier molecular flexibility index (Phi) is 2.82. The smallest absolute Gasteiger partial charge is 0.177 e. The lowest BCUT2D eigenvalue weighted by Crippen LogP contribution is -2.04. The van der Waals surface area contributed by atoms with E-state index in [1.54, 1.807) is 10.8 Å². The van der Waals surface area contributed by atoms with Crippen molar-refractivity contribution in [3.05, 3.63) is 53.3 Å². The average molecular weight is 260 g/mol. The van der Waals surface area contributed by atoms with E-state index in [1.165, 1.54) is 0 Å². The summed E-state index contributed by atoms with van der Waals surface area (Å²) in [5.74, 6) is 0.752. The maximum atomic E-state index is 6.08. The lowest BCUT2D eigenvalue weighted by Gasteiger charge is -2.06. The molecule has 1 aromatic carbocycles. The third kappa shape index (κ3) is 2.12. The predicted molar refractivity (Wildman–Crippen MR) is 69.6 cm³/mol. The van der Waals surface area contributed by atoms with Crippen LogP contribution in [-0.2, 0) is 6.54 Å². The summed E-state index contributed by atoms with van der Waals surface area (Å²) < 4.78 is 1.62. The van der Waals surface area contributed by atoms with Crippen LogP contribution in [0.2, 0.25) is 5.02 Å². The van der Waals surface area contributed by atoms with Crippen molar-refractivity contribution in [3.8, 4) is 0 Å². The van der Waals surface area contributed by atoms with Gasteiger partial charge >= 0.3 is 0 Å². The summed E-state index contributed by atoms with van der Waals surface area (Å²) in [5, 5.41) is 15.9. The van der Waals surface area contributed by atoms with Crippen LogP contribution in [-0.4, -0.2) is 19.8 Å². The summed E-state index contributed by atoms with van der Waals surface area (Å²) >= 11 is 6.08. The lowest BCUT2D eigenvalue weighted by molar-refractivity contribution is 0.917. The molecule has 3 rings (SSSR count). The number of halogens is 1. The molecule has 0 amide bonds. The van der Waals surface area contributed by atoms with E-state index in [2.05, 4.69) is 20.6 Å². The van der Waals surface area contributed by atoms with Crippen LogP contribution in [0.3, 0.4) is 0 Å². The molecular formula is C12H10ClN5. The van der Waals surface area contributed by atoms with Crippen molar-refractivity contribution in [2.24, 2.45) is 0 Å². The van der Waals surface area contributed by atoms with Crippen LogP contribution in [0.5, 0.6) is 0 Å². The second kappa shape index (κ2) is 4.62. The Hall–Kier alpha value is -2.14. The van der Waals surface area contributed by atoms with E-state index in [0.717, 1.165) is 22.1 Å². The van der Waals surface area contributed by atoms with Gasteiger partial charge in [-0.2, -0.15) is 4.52 Å². The zero-order chi connectivity index (χ0) is 12.4. The van der Waals surface area contributed by atoms with E-state index in [9.17, 15) is 0 Å². The molecule has 0 saturated heterocycles. The van der Waals surface area contributed by atoms with Crippen molar-refractivity contribution in [1.82, 2.24) is 19.8 Å². The van der Waals surface area contributed by atoms with Gasteiger partial charge in [0.1, 0.15) is 12.1 Å². The lowest BCUT2D eigenvalue weighted by atomic mass is 10.2. The quantitative estimate of drug-likeness (QED) is 0.785.